The normalized spacial score (nSPS) is 34.2. The molecule has 0 radical (unpaired) electrons. The van der Waals surface area contributed by atoms with Crippen molar-refractivity contribution in [2.75, 3.05) is 26.2 Å². The number of carbonyl (C=O) groups excluding carboxylic acids is 2. The second-order valence-corrected chi connectivity index (χ2v) is 18.5. The molecule has 6 nitrogen and oxygen atoms in total. The minimum Gasteiger partial charge on any atom is -0.423 e. The molecule has 6 aliphatic carbocycles. The van der Waals surface area contributed by atoms with Crippen molar-refractivity contribution in [2.24, 2.45) is 23.7 Å². The number of nitrogens with zero attached hydrogens (tertiary/aromatic N) is 2. The predicted octanol–water partition coefficient (Wildman–Crippen LogP) is 8.47. The molecule has 0 N–H and O–H groups in total. The van der Waals surface area contributed by atoms with E-state index in [9.17, 15) is 9.59 Å². The average Bonchev–Trinajstić information content (AvgIpc) is 3.12. The SMILES string of the molecule is O=C(/C=C/C(=O)Oc1ccc2c(c1)[C@@]13CCCC[C@H]1[C@H](C2)N(CC1CCC1)CC3)Oc1ccc2c(c1)[C@@]13CCCC[C@H]1[C@H](C2)N(CC1CCC1)CC3. The topological polar surface area (TPSA) is 59.1 Å². The summed E-state index contributed by atoms with van der Waals surface area (Å²) in [6.45, 7) is 4.95. The monoisotopic (exact) mass is 702 g/mol. The van der Waals surface area contributed by atoms with E-state index in [1.165, 1.54) is 163 Å². The molecule has 4 saturated carbocycles. The van der Waals surface area contributed by atoms with Gasteiger partial charge in [0, 0.05) is 48.2 Å². The highest BCUT2D eigenvalue weighted by molar-refractivity contribution is 5.93. The fourth-order valence-electron chi connectivity index (χ4n) is 13.2. The van der Waals surface area contributed by atoms with Crippen molar-refractivity contribution in [3.05, 3.63) is 70.8 Å². The van der Waals surface area contributed by atoms with Crippen LogP contribution in [0.2, 0.25) is 0 Å². The lowest BCUT2D eigenvalue weighted by Gasteiger charge is -2.59. The van der Waals surface area contributed by atoms with Gasteiger partial charge in [-0.2, -0.15) is 0 Å². The molecule has 2 aliphatic heterocycles. The first-order valence-corrected chi connectivity index (χ1v) is 21.3. The number of hydrogen-bond acceptors (Lipinski definition) is 6. The summed E-state index contributed by atoms with van der Waals surface area (Å²) in [5.41, 5.74) is 6.14. The molecule has 2 aromatic rings. The Morgan fingerprint density at radius 2 is 1.06 bits per heavy atom. The van der Waals surface area contributed by atoms with Crippen LogP contribution in [0.1, 0.15) is 125 Å². The molecule has 276 valence electrons. The van der Waals surface area contributed by atoms with Gasteiger partial charge < -0.3 is 9.47 Å². The van der Waals surface area contributed by atoms with E-state index in [-0.39, 0.29) is 10.8 Å². The number of hydrogen-bond donors (Lipinski definition) is 0. The van der Waals surface area contributed by atoms with E-state index in [2.05, 4.69) is 34.1 Å². The van der Waals surface area contributed by atoms with Gasteiger partial charge in [0.1, 0.15) is 11.5 Å². The van der Waals surface area contributed by atoms with E-state index in [1.54, 1.807) is 0 Å². The lowest BCUT2D eigenvalue weighted by molar-refractivity contribution is -0.131. The van der Waals surface area contributed by atoms with Crippen LogP contribution in [0.5, 0.6) is 11.5 Å². The van der Waals surface area contributed by atoms with Crippen LogP contribution in [0.3, 0.4) is 0 Å². The fourth-order valence-corrected chi connectivity index (χ4v) is 13.2. The minimum atomic E-state index is -0.535. The highest BCUT2D eigenvalue weighted by Crippen LogP contribution is 2.58. The van der Waals surface area contributed by atoms with Crippen LogP contribution >= 0.6 is 0 Å². The number of ether oxygens (including phenoxy) is 2. The molecule has 2 saturated heterocycles. The maximum atomic E-state index is 13.1. The summed E-state index contributed by atoms with van der Waals surface area (Å²) in [7, 11) is 0. The van der Waals surface area contributed by atoms with Gasteiger partial charge in [-0.25, -0.2) is 9.59 Å². The zero-order valence-corrected chi connectivity index (χ0v) is 31.2. The van der Waals surface area contributed by atoms with Gasteiger partial charge in [-0.15, -0.1) is 0 Å². The van der Waals surface area contributed by atoms with Crippen LogP contribution in [0.4, 0.5) is 0 Å². The van der Waals surface area contributed by atoms with E-state index < -0.39 is 11.9 Å². The van der Waals surface area contributed by atoms with E-state index in [0.29, 0.717) is 35.4 Å². The quantitative estimate of drug-likeness (QED) is 0.156. The minimum absolute atomic E-state index is 0.203. The summed E-state index contributed by atoms with van der Waals surface area (Å²) in [5, 5.41) is 0. The number of likely N-dealkylation sites (tertiary alicyclic amines) is 2. The summed E-state index contributed by atoms with van der Waals surface area (Å²) >= 11 is 0. The molecule has 8 aliphatic rings. The summed E-state index contributed by atoms with van der Waals surface area (Å²) < 4.78 is 11.7. The Bertz CT molecular complexity index is 1620. The zero-order valence-electron chi connectivity index (χ0n) is 31.2. The van der Waals surface area contributed by atoms with E-state index in [4.69, 9.17) is 9.47 Å². The number of esters is 2. The van der Waals surface area contributed by atoms with Crippen molar-refractivity contribution in [3.63, 3.8) is 0 Å². The number of rotatable bonds is 8. The van der Waals surface area contributed by atoms with E-state index in [1.807, 2.05) is 12.1 Å². The number of fused-ring (bicyclic) bond motifs is 2. The first-order chi connectivity index (χ1) is 25.5. The Morgan fingerprint density at radius 1 is 0.596 bits per heavy atom. The van der Waals surface area contributed by atoms with Gasteiger partial charge in [0.15, 0.2) is 0 Å². The molecular formula is C46H58N2O4. The van der Waals surface area contributed by atoms with Gasteiger partial charge in [-0.05, 0) is 160 Å². The second-order valence-electron chi connectivity index (χ2n) is 18.5. The molecular weight excluding hydrogens is 645 g/mol. The predicted molar refractivity (Wildman–Crippen MR) is 203 cm³/mol. The third-order valence-corrected chi connectivity index (χ3v) is 16.1. The Balaban J connectivity index is 0.811. The van der Waals surface area contributed by atoms with Gasteiger partial charge in [-0.1, -0.05) is 50.7 Å². The first-order valence-electron chi connectivity index (χ1n) is 21.3. The van der Waals surface area contributed by atoms with Crippen LogP contribution < -0.4 is 9.47 Å². The fraction of sp³-hybridized carbons (Fsp3) is 0.652. The van der Waals surface area contributed by atoms with Gasteiger partial charge >= 0.3 is 11.9 Å². The van der Waals surface area contributed by atoms with Crippen molar-refractivity contribution >= 4 is 11.9 Å². The summed E-state index contributed by atoms with van der Waals surface area (Å²) in [6, 6.07) is 14.0. The number of piperidine rings is 2. The third-order valence-electron chi connectivity index (χ3n) is 16.1. The zero-order chi connectivity index (χ0) is 34.9. The van der Waals surface area contributed by atoms with Gasteiger partial charge in [0.2, 0.25) is 0 Å². The summed E-state index contributed by atoms with van der Waals surface area (Å²) in [4.78, 5) is 31.8. The molecule has 2 heterocycles. The smallest absolute Gasteiger partial charge is 0.336 e. The molecule has 2 aromatic carbocycles. The van der Waals surface area contributed by atoms with Crippen LogP contribution in [0.25, 0.3) is 0 Å². The van der Waals surface area contributed by atoms with Crippen LogP contribution in [-0.2, 0) is 33.3 Å². The highest BCUT2D eigenvalue weighted by Gasteiger charge is 2.55. The standard InChI is InChI=1S/C46H58N2O4/c49-43(51-35-15-13-33-25-41-37-11-1-3-19-45(37,39(33)27-35)21-23-47(41)29-31-7-5-8-31)17-18-44(50)52-36-16-14-34-26-42-38-12-2-4-20-46(38,40(34)28-36)22-24-48(42)30-32-9-6-10-32/h13-18,27-28,31-32,37-38,41-42H,1-12,19-26,29-30H2/b18-17+/t37-,38-,41-,42-,45+,46+/m0/s1. The Labute approximate surface area is 310 Å². The third kappa shape index (κ3) is 5.72. The van der Waals surface area contributed by atoms with Gasteiger partial charge in [-0.3, -0.25) is 9.80 Å². The van der Waals surface area contributed by atoms with Crippen molar-refractivity contribution in [2.45, 2.75) is 138 Å². The van der Waals surface area contributed by atoms with E-state index in [0.717, 1.165) is 24.7 Å². The van der Waals surface area contributed by atoms with Crippen LogP contribution in [0.15, 0.2) is 48.6 Å². The van der Waals surface area contributed by atoms with E-state index >= 15 is 0 Å². The van der Waals surface area contributed by atoms with Crippen molar-refractivity contribution < 1.29 is 19.1 Å². The second kappa shape index (κ2) is 13.4. The highest BCUT2D eigenvalue weighted by atomic mass is 16.5. The lowest BCUT2D eigenvalue weighted by Crippen LogP contribution is -2.61. The molecule has 0 amide bonds. The van der Waals surface area contributed by atoms with Crippen molar-refractivity contribution in [1.29, 1.82) is 0 Å². The van der Waals surface area contributed by atoms with Gasteiger partial charge in [0.05, 0.1) is 0 Å². The molecule has 52 heavy (non-hydrogen) atoms. The Morgan fingerprint density at radius 3 is 1.48 bits per heavy atom. The van der Waals surface area contributed by atoms with Gasteiger partial charge in [0.25, 0.3) is 0 Å². The maximum Gasteiger partial charge on any atom is 0.336 e. The molecule has 0 spiro atoms. The molecule has 4 bridgehead atoms. The summed E-state index contributed by atoms with van der Waals surface area (Å²) in [5.74, 6) is 3.30. The van der Waals surface area contributed by atoms with Crippen LogP contribution in [0, 0.1) is 23.7 Å². The Kier molecular flexibility index (Phi) is 8.66. The summed E-state index contributed by atoms with van der Waals surface area (Å²) in [6.07, 6.45) is 25.9. The number of carbonyl (C=O) groups is 2. The molecule has 0 aromatic heterocycles. The maximum absolute atomic E-state index is 13.1. The Hall–Kier alpha value is -2.96. The molecule has 6 atom stereocenters. The first kappa shape index (κ1) is 33.6. The largest absolute Gasteiger partial charge is 0.423 e. The number of benzene rings is 2. The molecule has 10 rings (SSSR count). The van der Waals surface area contributed by atoms with Crippen molar-refractivity contribution in [1.82, 2.24) is 9.80 Å². The van der Waals surface area contributed by atoms with Crippen molar-refractivity contribution in [3.8, 4) is 11.5 Å². The molecule has 0 unspecified atom stereocenters. The molecule has 6 fully saturated rings. The molecule has 6 heteroatoms. The average molecular weight is 703 g/mol. The lowest BCUT2D eigenvalue weighted by atomic mass is 9.52. The van der Waals surface area contributed by atoms with Crippen LogP contribution in [-0.4, -0.2) is 60.0 Å².